The molecule has 0 atom stereocenters. The number of imidazole rings is 1. The van der Waals surface area contributed by atoms with E-state index in [0.29, 0.717) is 30.0 Å². The van der Waals surface area contributed by atoms with Crippen LogP contribution in [0.5, 0.6) is 5.75 Å². The van der Waals surface area contributed by atoms with E-state index in [4.69, 9.17) is 9.47 Å². The number of ether oxygens (including phenoxy) is 2. The summed E-state index contributed by atoms with van der Waals surface area (Å²) in [6.45, 7) is 0.890. The molecule has 0 bridgehead atoms. The lowest BCUT2D eigenvalue weighted by atomic mass is 10.00. The summed E-state index contributed by atoms with van der Waals surface area (Å²) in [5.41, 5.74) is 5.13. The SMILES string of the molecule is COc1ccc(-c2nc3ccc(C(=O)OCC(=O)N4CCc5ccccc5C4)cc3[nH]2)cc1. The summed E-state index contributed by atoms with van der Waals surface area (Å²) in [5.74, 6) is 0.729. The van der Waals surface area contributed by atoms with E-state index < -0.39 is 5.97 Å². The van der Waals surface area contributed by atoms with Crippen LogP contribution in [0.1, 0.15) is 21.5 Å². The largest absolute Gasteiger partial charge is 0.497 e. The number of carbonyl (C=O) groups is 2. The fraction of sp³-hybridized carbons (Fsp3) is 0.192. The Morgan fingerprint density at radius 1 is 1.03 bits per heavy atom. The molecule has 0 unspecified atom stereocenters. The molecular formula is C26H23N3O4. The van der Waals surface area contributed by atoms with Crippen molar-refractivity contribution in [2.45, 2.75) is 13.0 Å². The normalized spacial score (nSPS) is 12.9. The number of carbonyl (C=O) groups excluding carboxylic acids is 2. The van der Waals surface area contributed by atoms with Crippen molar-refractivity contribution >= 4 is 22.9 Å². The van der Waals surface area contributed by atoms with Crippen molar-refractivity contribution in [3.8, 4) is 17.1 Å². The first-order valence-corrected chi connectivity index (χ1v) is 10.8. The second kappa shape index (κ2) is 8.78. The van der Waals surface area contributed by atoms with Gasteiger partial charge in [-0.05, 0) is 60.0 Å². The van der Waals surface area contributed by atoms with Gasteiger partial charge in [-0.2, -0.15) is 0 Å². The molecule has 4 aromatic rings. The third-order valence-corrected chi connectivity index (χ3v) is 5.89. The van der Waals surface area contributed by atoms with Crippen molar-refractivity contribution in [3.63, 3.8) is 0 Å². The Balaban J connectivity index is 1.24. The van der Waals surface area contributed by atoms with Crippen molar-refractivity contribution in [2.24, 2.45) is 0 Å². The van der Waals surface area contributed by atoms with Crippen molar-refractivity contribution < 1.29 is 19.1 Å². The molecule has 0 fully saturated rings. The van der Waals surface area contributed by atoms with Crippen LogP contribution in [0.3, 0.4) is 0 Å². The minimum Gasteiger partial charge on any atom is -0.497 e. The zero-order valence-corrected chi connectivity index (χ0v) is 18.2. The van der Waals surface area contributed by atoms with E-state index in [9.17, 15) is 9.59 Å². The molecular weight excluding hydrogens is 418 g/mol. The van der Waals surface area contributed by atoms with E-state index in [1.807, 2.05) is 42.5 Å². The maximum Gasteiger partial charge on any atom is 0.338 e. The van der Waals surface area contributed by atoms with Crippen LogP contribution < -0.4 is 4.74 Å². The lowest BCUT2D eigenvalue weighted by molar-refractivity contribution is -0.135. The number of benzene rings is 3. The van der Waals surface area contributed by atoms with Gasteiger partial charge in [0.25, 0.3) is 5.91 Å². The van der Waals surface area contributed by atoms with Gasteiger partial charge in [0.1, 0.15) is 11.6 Å². The summed E-state index contributed by atoms with van der Waals surface area (Å²) >= 11 is 0. The monoisotopic (exact) mass is 441 g/mol. The van der Waals surface area contributed by atoms with Gasteiger partial charge in [0.05, 0.1) is 23.7 Å². The third kappa shape index (κ3) is 4.30. The number of fused-ring (bicyclic) bond motifs is 2. The molecule has 0 spiro atoms. The van der Waals surface area contributed by atoms with Crippen LogP contribution in [-0.2, 0) is 22.5 Å². The predicted molar refractivity (Wildman–Crippen MR) is 124 cm³/mol. The van der Waals surface area contributed by atoms with E-state index in [1.54, 1.807) is 30.2 Å². The number of H-pyrrole nitrogens is 1. The van der Waals surface area contributed by atoms with Crippen LogP contribution in [0, 0.1) is 0 Å². The summed E-state index contributed by atoms with van der Waals surface area (Å²) in [5, 5.41) is 0. The molecule has 166 valence electrons. The first kappa shape index (κ1) is 20.8. The van der Waals surface area contributed by atoms with Gasteiger partial charge in [-0.15, -0.1) is 0 Å². The fourth-order valence-corrected chi connectivity index (χ4v) is 4.03. The number of hydrogen-bond acceptors (Lipinski definition) is 5. The van der Waals surface area contributed by atoms with E-state index in [1.165, 1.54) is 5.56 Å². The van der Waals surface area contributed by atoms with Gasteiger partial charge >= 0.3 is 5.97 Å². The molecule has 2 heterocycles. The molecule has 1 amide bonds. The van der Waals surface area contributed by atoms with Crippen LogP contribution in [0.2, 0.25) is 0 Å². The zero-order chi connectivity index (χ0) is 22.8. The molecule has 1 aliphatic rings. The first-order valence-electron chi connectivity index (χ1n) is 10.8. The summed E-state index contributed by atoms with van der Waals surface area (Å²) in [6, 6.07) is 20.8. The third-order valence-electron chi connectivity index (χ3n) is 5.89. The Kier molecular flexibility index (Phi) is 5.52. The Labute approximate surface area is 191 Å². The molecule has 7 heteroatoms. The van der Waals surface area contributed by atoms with Gasteiger partial charge in [0.15, 0.2) is 6.61 Å². The predicted octanol–water partition coefficient (Wildman–Crippen LogP) is 3.98. The molecule has 0 saturated heterocycles. The summed E-state index contributed by atoms with van der Waals surface area (Å²) < 4.78 is 10.5. The molecule has 0 aliphatic carbocycles. The van der Waals surface area contributed by atoms with Gasteiger partial charge in [-0.25, -0.2) is 9.78 Å². The zero-order valence-electron chi connectivity index (χ0n) is 18.2. The standard InChI is InChI=1S/C26H23N3O4/c1-32-21-9-6-18(7-10-21)25-27-22-11-8-19(14-23(22)28-25)26(31)33-16-24(30)29-13-12-17-4-2-3-5-20(17)15-29/h2-11,14H,12-13,15-16H2,1H3,(H,27,28). The molecule has 1 aromatic heterocycles. The molecule has 7 nitrogen and oxygen atoms in total. The highest BCUT2D eigenvalue weighted by molar-refractivity contribution is 5.95. The van der Waals surface area contributed by atoms with Crippen LogP contribution in [0.15, 0.2) is 66.7 Å². The topological polar surface area (TPSA) is 84.5 Å². The molecule has 0 radical (unpaired) electrons. The van der Waals surface area contributed by atoms with Crippen molar-refractivity contribution in [1.82, 2.24) is 14.9 Å². The maximum absolute atomic E-state index is 12.6. The number of hydrogen-bond donors (Lipinski definition) is 1. The van der Waals surface area contributed by atoms with E-state index in [-0.39, 0.29) is 12.5 Å². The van der Waals surface area contributed by atoms with Gasteiger partial charge in [-0.3, -0.25) is 4.79 Å². The lowest BCUT2D eigenvalue weighted by Gasteiger charge is -2.28. The summed E-state index contributed by atoms with van der Waals surface area (Å²) in [7, 11) is 1.62. The van der Waals surface area contributed by atoms with Crippen molar-refractivity contribution in [1.29, 1.82) is 0 Å². The average Bonchev–Trinajstić information content (AvgIpc) is 3.30. The Morgan fingerprint density at radius 2 is 1.82 bits per heavy atom. The number of aromatic nitrogens is 2. The minimum atomic E-state index is -0.539. The molecule has 5 rings (SSSR count). The van der Waals surface area contributed by atoms with Crippen molar-refractivity contribution in [2.75, 3.05) is 20.3 Å². The van der Waals surface area contributed by atoms with E-state index >= 15 is 0 Å². The summed E-state index contributed by atoms with van der Waals surface area (Å²) in [6.07, 6.45) is 0.808. The van der Waals surface area contributed by atoms with Gasteiger partial charge < -0.3 is 19.4 Å². The Morgan fingerprint density at radius 3 is 2.61 bits per heavy atom. The van der Waals surface area contributed by atoms with E-state index in [2.05, 4.69) is 16.0 Å². The maximum atomic E-state index is 12.6. The molecule has 0 saturated carbocycles. The Bertz CT molecular complexity index is 1330. The molecule has 33 heavy (non-hydrogen) atoms. The van der Waals surface area contributed by atoms with Crippen LogP contribution in [0.25, 0.3) is 22.4 Å². The molecule has 1 N–H and O–H groups in total. The van der Waals surface area contributed by atoms with Gasteiger partial charge in [0, 0.05) is 18.7 Å². The second-order valence-electron chi connectivity index (χ2n) is 7.96. The highest BCUT2D eigenvalue weighted by Crippen LogP contribution is 2.24. The number of aromatic amines is 1. The lowest BCUT2D eigenvalue weighted by Crippen LogP contribution is -2.38. The van der Waals surface area contributed by atoms with Crippen LogP contribution in [-0.4, -0.2) is 47.0 Å². The minimum absolute atomic E-state index is 0.192. The summed E-state index contributed by atoms with van der Waals surface area (Å²) in [4.78, 5) is 34.7. The highest BCUT2D eigenvalue weighted by Gasteiger charge is 2.22. The smallest absolute Gasteiger partial charge is 0.338 e. The number of methoxy groups -OCH3 is 1. The average molecular weight is 441 g/mol. The Hall–Kier alpha value is -4.13. The number of nitrogens with one attached hydrogen (secondary N) is 1. The van der Waals surface area contributed by atoms with E-state index in [0.717, 1.165) is 28.8 Å². The first-order chi connectivity index (χ1) is 16.1. The number of rotatable bonds is 5. The van der Waals surface area contributed by atoms with Gasteiger partial charge in [0.2, 0.25) is 0 Å². The number of amides is 1. The highest BCUT2D eigenvalue weighted by atomic mass is 16.5. The van der Waals surface area contributed by atoms with Crippen LogP contribution >= 0.6 is 0 Å². The number of esters is 1. The quantitative estimate of drug-likeness (QED) is 0.474. The van der Waals surface area contributed by atoms with Crippen LogP contribution in [0.4, 0.5) is 0 Å². The van der Waals surface area contributed by atoms with Gasteiger partial charge in [-0.1, -0.05) is 24.3 Å². The molecule has 1 aliphatic heterocycles. The van der Waals surface area contributed by atoms with Crippen molar-refractivity contribution in [3.05, 3.63) is 83.4 Å². The molecule has 3 aromatic carbocycles. The second-order valence-corrected chi connectivity index (χ2v) is 7.96. The fourth-order valence-electron chi connectivity index (χ4n) is 4.03. The number of nitrogens with zero attached hydrogens (tertiary/aromatic N) is 2.